The monoisotopic (exact) mass is 400 g/mol. The molecule has 1 fully saturated rings. The molecule has 1 aliphatic heterocycles. The maximum Gasteiger partial charge on any atom is 0.250 e. The normalized spacial score (nSPS) is 20.7. The summed E-state index contributed by atoms with van der Waals surface area (Å²) in [5, 5.41) is 3.03. The molecule has 1 saturated heterocycles. The molecule has 4 rings (SSSR count). The van der Waals surface area contributed by atoms with Crippen molar-refractivity contribution in [2.45, 2.75) is 32.1 Å². The fraction of sp³-hybridized carbons (Fsp3) is 0.308. The fourth-order valence-electron chi connectivity index (χ4n) is 4.30. The molecule has 4 nitrogen and oxygen atoms in total. The second-order valence-electron chi connectivity index (χ2n) is 8.11. The number of hydrogen-bond donors (Lipinski definition) is 1. The van der Waals surface area contributed by atoms with Gasteiger partial charge in [-0.1, -0.05) is 67.6 Å². The van der Waals surface area contributed by atoms with Crippen LogP contribution in [0.25, 0.3) is 0 Å². The number of nitrogens with zero attached hydrogens (tertiary/aromatic N) is 1. The standard InChI is InChI=1S/C26H28N2O2/c1-2-19-12-14-20(15-13-19)22-16-23(25(29)27-24-10-4-3-5-11-24)18-28(17-22)26(30)21-8-6-7-9-21/h3-8,10-15,22-23H,2,9,16-18H2,1H3,(H,27,29). The van der Waals surface area contributed by atoms with Crippen LogP contribution in [0.4, 0.5) is 5.69 Å². The molecule has 30 heavy (non-hydrogen) atoms. The van der Waals surface area contributed by atoms with Crippen molar-refractivity contribution in [1.29, 1.82) is 0 Å². The van der Waals surface area contributed by atoms with E-state index in [-0.39, 0.29) is 23.7 Å². The summed E-state index contributed by atoms with van der Waals surface area (Å²) in [6.45, 7) is 3.25. The number of likely N-dealkylation sites (tertiary alicyclic amines) is 1. The Hall–Kier alpha value is -3.14. The van der Waals surface area contributed by atoms with E-state index in [0.29, 0.717) is 19.5 Å². The van der Waals surface area contributed by atoms with Gasteiger partial charge in [-0.25, -0.2) is 0 Å². The lowest BCUT2D eigenvalue weighted by Crippen LogP contribution is -2.47. The van der Waals surface area contributed by atoms with Crippen LogP contribution in [0.3, 0.4) is 0 Å². The number of nitrogens with one attached hydrogen (secondary N) is 1. The Morgan fingerprint density at radius 3 is 2.47 bits per heavy atom. The van der Waals surface area contributed by atoms with Crippen molar-refractivity contribution in [2.24, 2.45) is 5.92 Å². The van der Waals surface area contributed by atoms with Crippen LogP contribution < -0.4 is 5.32 Å². The van der Waals surface area contributed by atoms with Crippen LogP contribution in [0, 0.1) is 5.92 Å². The third-order valence-corrected chi connectivity index (χ3v) is 6.06. The molecular weight excluding hydrogens is 372 g/mol. The Balaban J connectivity index is 1.55. The number of aryl methyl sites for hydroxylation is 1. The zero-order valence-electron chi connectivity index (χ0n) is 17.4. The molecule has 2 unspecified atom stereocenters. The van der Waals surface area contributed by atoms with Gasteiger partial charge in [0, 0.05) is 30.3 Å². The zero-order valence-corrected chi connectivity index (χ0v) is 17.4. The lowest BCUT2D eigenvalue weighted by Gasteiger charge is -2.38. The van der Waals surface area contributed by atoms with Crippen molar-refractivity contribution in [3.8, 4) is 0 Å². The predicted octanol–water partition coefficient (Wildman–Crippen LogP) is 4.71. The molecule has 4 heteroatoms. The minimum atomic E-state index is -0.242. The van der Waals surface area contributed by atoms with E-state index in [2.05, 4.69) is 36.5 Å². The van der Waals surface area contributed by atoms with Gasteiger partial charge in [-0.05, 0) is 42.5 Å². The molecule has 0 bridgehead atoms. The minimum Gasteiger partial charge on any atom is -0.338 e. The number of carbonyl (C=O) groups is 2. The summed E-state index contributed by atoms with van der Waals surface area (Å²) < 4.78 is 0. The summed E-state index contributed by atoms with van der Waals surface area (Å²) in [7, 11) is 0. The number of anilines is 1. The molecule has 1 heterocycles. The van der Waals surface area contributed by atoms with Gasteiger partial charge in [-0.15, -0.1) is 0 Å². The van der Waals surface area contributed by atoms with Gasteiger partial charge in [-0.2, -0.15) is 0 Å². The number of benzene rings is 2. The Kier molecular flexibility index (Phi) is 6.12. The molecule has 2 aliphatic rings. The van der Waals surface area contributed by atoms with Crippen LogP contribution in [0.15, 0.2) is 78.4 Å². The molecule has 2 amide bonds. The molecule has 0 radical (unpaired) electrons. The maximum atomic E-state index is 13.1. The maximum absolute atomic E-state index is 13.1. The fourth-order valence-corrected chi connectivity index (χ4v) is 4.30. The van der Waals surface area contributed by atoms with E-state index in [1.54, 1.807) is 0 Å². The van der Waals surface area contributed by atoms with Crippen molar-refractivity contribution >= 4 is 17.5 Å². The molecule has 2 atom stereocenters. The minimum absolute atomic E-state index is 0.0209. The number of carbonyl (C=O) groups excluding carboxylic acids is 2. The first-order chi connectivity index (χ1) is 14.6. The topological polar surface area (TPSA) is 49.4 Å². The van der Waals surface area contributed by atoms with Crippen LogP contribution >= 0.6 is 0 Å². The lowest BCUT2D eigenvalue weighted by molar-refractivity contribution is -0.131. The van der Waals surface area contributed by atoms with Gasteiger partial charge < -0.3 is 10.2 Å². The van der Waals surface area contributed by atoms with Gasteiger partial charge in [0.1, 0.15) is 0 Å². The van der Waals surface area contributed by atoms with Gasteiger partial charge in [0.25, 0.3) is 0 Å². The number of rotatable bonds is 5. The highest BCUT2D eigenvalue weighted by molar-refractivity contribution is 5.96. The third-order valence-electron chi connectivity index (χ3n) is 6.06. The van der Waals surface area contributed by atoms with E-state index < -0.39 is 0 Å². The quantitative estimate of drug-likeness (QED) is 0.790. The predicted molar refractivity (Wildman–Crippen MR) is 120 cm³/mol. The highest BCUT2D eigenvalue weighted by Gasteiger charge is 2.35. The number of amides is 2. The molecule has 0 spiro atoms. The Labute approximate surface area is 178 Å². The van der Waals surface area contributed by atoms with E-state index in [9.17, 15) is 9.59 Å². The van der Waals surface area contributed by atoms with Crippen molar-refractivity contribution in [2.75, 3.05) is 18.4 Å². The average molecular weight is 401 g/mol. The highest BCUT2D eigenvalue weighted by Crippen LogP contribution is 2.32. The SMILES string of the molecule is CCc1ccc(C2CC(C(=O)Nc3ccccc3)CN(C(=O)C3=CC=CC3)C2)cc1. The largest absolute Gasteiger partial charge is 0.338 e. The zero-order chi connectivity index (χ0) is 20.9. The van der Waals surface area contributed by atoms with Crippen LogP contribution in [0.1, 0.15) is 36.8 Å². The first kappa shape index (κ1) is 20.1. The number of hydrogen-bond acceptors (Lipinski definition) is 2. The summed E-state index contributed by atoms with van der Waals surface area (Å²) in [6, 6.07) is 18.1. The molecule has 2 aromatic rings. The summed E-state index contributed by atoms with van der Waals surface area (Å²) in [5.41, 5.74) is 4.08. The molecule has 154 valence electrons. The van der Waals surface area contributed by atoms with Crippen molar-refractivity contribution in [3.05, 3.63) is 89.5 Å². The van der Waals surface area contributed by atoms with E-state index in [0.717, 1.165) is 24.1 Å². The summed E-state index contributed by atoms with van der Waals surface area (Å²) in [6.07, 6.45) is 8.23. The van der Waals surface area contributed by atoms with Crippen LogP contribution in [-0.2, 0) is 16.0 Å². The lowest BCUT2D eigenvalue weighted by atomic mass is 9.83. The third kappa shape index (κ3) is 4.54. The van der Waals surface area contributed by atoms with E-state index in [1.807, 2.05) is 53.5 Å². The Bertz CT molecular complexity index is 960. The summed E-state index contributed by atoms with van der Waals surface area (Å²) >= 11 is 0. The average Bonchev–Trinajstić information content (AvgIpc) is 3.34. The second kappa shape index (κ2) is 9.12. The van der Waals surface area contributed by atoms with E-state index >= 15 is 0 Å². The molecule has 1 aliphatic carbocycles. The van der Waals surface area contributed by atoms with E-state index in [4.69, 9.17) is 0 Å². The van der Waals surface area contributed by atoms with Gasteiger partial charge in [-0.3, -0.25) is 9.59 Å². The van der Waals surface area contributed by atoms with E-state index in [1.165, 1.54) is 11.1 Å². The second-order valence-corrected chi connectivity index (χ2v) is 8.11. The van der Waals surface area contributed by atoms with Gasteiger partial charge in [0.05, 0.1) is 5.92 Å². The smallest absolute Gasteiger partial charge is 0.250 e. The molecule has 0 saturated carbocycles. The molecule has 0 aromatic heterocycles. The number of piperidine rings is 1. The Morgan fingerprint density at radius 2 is 1.80 bits per heavy atom. The van der Waals surface area contributed by atoms with Crippen molar-refractivity contribution < 1.29 is 9.59 Å². The molecular formula is C26H28N2O2. The summed E-state index contributed by atoms with van der Waals surface area (Å²) in [5.74, 6) is -0.0661. The Morgan fingerprint density at radius 1 is 1.03 bits per heavy atom. The summed E-state index contributed by atoms with van der Waals surface area (Å²) in [4.78, 5) is 28.0. The van der Waals surface area contributed by atoms with Crippen LogP contribution in [0.2, 0.25) is 0 Å². The number of allylic oxidation sites excluding steroid dienone is 3. The molecule has 1 N–H and O–H groups in total. The van der Waals surface area contributed by atoms with Crippen molar-refractivity contribution in [1.82, 2.24) is 4.90 Å². The van der Waals surface area contributed by atoms with Gasteiger partial charge in [0.15, 0.2) is 0 Å². The first-order valence-electron chi connectivity index (χ1n) is 10.7. The van der Waals surface area contributed by atoms with Gasteiger partial charge >= 0.3 is 0 Å². The first-order valence-corrected chi connectivity index (χ1v) is 10.7. The molecule has 2 aromatic carbocycles. The van der Waals surface area contributed by atoms with Crippen molar-refractivity contribution in [3.63, 3.8) is 0 Å². The highest BCUT2D eigenvalue weighted by atomic mass is 16.2. The van der Waals surface area contributed by atoms with Crippen LogP contribution in [0.5, 0.6) is 0 Å². The van der Waals surface area contributed by atoms with Gasteiger partial charge in [0.2, 0.25) is 11.8 Å². The number of para-hydroxylation sites is 1. The van der Waals surface area contributed by atoms with Crippen LogP contribution in [-0.4, -0.2) is 29.8 Å².